The van der Waals surface area contributed by atoms with Gasteiger partial charge in [0.05, 0.1) is 10.7 Å². The molecule has 0 aliphatic carbocycles. The highest BCUT2D eigenvalue weighted by Crippen LogP contribution is 2.24. The zero-order chi connectivity index (χ0) is 8.27. The lowest BCUT2D eigenvalue weighted by molar-refractivity contribution is 0.628. The number of hydrogen-bond acceptors (Lipinski definition) is 2. The molecule has 1 aromatic rings. The summed E-state index contributed by atoms with van der Waals surface area (Å²) in [6.07, 6.45) is 0. The summed E-state index contributed by atoms with van der Waals surface area (Å²) in [6, 6.07) is 3.65. The highest BCUT2D eigenvalue weighted by molar-refractivity contribution is 7.54. The Morgan fingerprint density at radius 2 is 2.27 bits per heavy atom. The first-order chi connectivity index (χ1) is 5.24. The summed E-state index contributed by atoms with van der Waals surface area (Å²) in [7, 11) is 0. The average Bonchev–Trinajstić information content (AvgIpc) is 1.95. The van der Waals surface area contributed by atoms with Gasteiger partial charge in [0.25, 0.3) is 0 Å². The van der Waals surface area contributed by atoms with Crippen LogP contribution in [0.5, 0.6) is 0 Å². The Labute approximate surface area is 71.2 Å². The van der Waals surface area contributed by atoms with Gasteiger partial charge >= 0.3 is 0 Å². The molecule has 2 nitrogen and oxygen atoms in total. The predicted octanol–water partition coefficient (Wildman–Crippen LogP) is 2.51. The molecule has 0 aliphatic heterocycles. The van der Waals surface area contributed by atoms with Crippen LogP contribution in [0.4, 0.5) is 10.1 Å². The van der Waals surface area contributed by atoms with Gasteiger partial charge in [0.15, 0.2) is 0 Å². The van der Waals surface area contributed by atoms with Crippen molar-refractivity contribution in [2.45, 2.75) is 0 Å². The number of halogens is 2. The van der Waals surface area contributed by atoms with Gasteiger partial charge in [-0.3, -0.25) is 0 Å². The number of hydrogen-bond donors (Lipinski definition) is 0. The molecule has 0 amide bonds. The van der Waals surface area contributed by atoms with Crippen molar-refractivity contribution in [1.29, 1.82) is 0 Å². The second kappa shape index (κ2) is 3.59. The van der Waals surface area contributed by atoms with Gasteiger partial charge in [-0.1, -0.05) is 11.6 Å². The van der Waals surface area contributed by atoms with Gasteiger partial charge in [-0.05, 0) is 18.2 Å². The molecule has 58 valence electrons. The summed E-state index contributed by atoms with van der Waals surface area (Å²) < 4.78 is 25.7. The summed E-state index contributed by atoms with van der Waals surface area (Å²) in [4.78, 5) is 0. The molecule has 0 saturated carbocycles. The molecular weight excluding hydrogens is 189 g/mol. The average molecular weight is 192 g/mol. The number of rotatable bonds is 1. The monoisotopic (exact) mass is 191 g/mol. The minimum absolute atomic E-state index is 0.0429. The largest absolute Gasteiger partial charge is 0.207 e. The maximum atomic E-state index is 12.4. The first kappa shape index (κ1) is 8.36. The molecule has 1 rings (SSSR count). The normalized spacial score (nSPS) is 9.27. The van der Waals surface area contributed by atoms with E-state index in [1.807, 2.05) is 0 Å². The van der Waals surface area contributed by atoms with Gasteiger partial charge in [0.1, 0.15) is 5.82 Å². The van der Waals surface area contributed by atoms with Crippen molar-refractivity contribution < 1.29 is 8.60 Å². The van der Waals surface area contributed by atoms with Crippen molar-refractivity contribution in [2.24, 2.45) is 4.36 Å². The molecule has 0 fully saturated rings. The van der Waals surface area contributed by atoms with E-state index in [0.717, 1.165) is 6.07 Å². The van der Waals surface area contributed by atoms with Gasteiger partial charge in [0, 0.05) is 0 Å². The van der Waals surface area contributed by atoms with Crippen molar-refractivity contribution in [3.63, 3.8) is 0 Å². The van der Waals surface area contributed by atoms with E-state index >= 15 is 0 Å². The zero-order valence-electron chi connectivity index (χ0n) is 5.25. The molecule has 1 aromatic carbocycles. The molecule has 0 saturated heterocycles. The third-order valence-electron chi connectivity index (χ3n) is 1.05. The summed E-state index contributed by atoms with van der Waals surface area (Å²) in [5.74, 6) is -0.440. The van der Waals surface area contributed by atoms with Crippen molar-refractivity contribution in [1.82, 2.24) is 0 Å². The molecule has 0 unspecified atom stereocenters. The molecule has 0 radical (unpaired) electrons. The van der Waals surface area contributed by atoms with E-state index in [4.69, 9.17) is 11.6 Å². The van der Waals surface area contributed by atoms with Crippen LogP contribution < -0.4 is 0 Å². The Bertz CT molecular complexity index is 324. The number of benzene rings is 1. The van der Waals surface area contributed by atoms with Crippen molar-refractivity contribution >= 4 is 28.8 Å². The third-order valence-corrected chi connectivity index (χ3v) is 1.62. The number of nitrogens with zero attached hydrogens (tertiary/aromatic N) is 1. The topological polar surface area (TPSA) is 29.4 Å². The molecule has 0 heterocycles. The van der Waals surface area contributed by atoms with Crippen LogP contribution in [0.25, 0.3) is 0 Å². The minimum atomic E-state index is -0.440. The maximum absolute atomic E-state index is 12.4. The van der Waals surface area contributed by atoms with Crippen LogP contribution in [0.3, 0.4) is 0 Å². The first-order valence-electron chi connectivity index (χ1n) is 2.69. The summed E-state index contributed by atoms with van der Waals surface area (Å²) in [5.41, 5.74) is 0.299. The van der Waals surface area contributed by atoms with Crippen LogP contribution in [-0.2, 0) is 11.5 Å². The van der Waals surface area contributed by atoms with E-state index < -0.39 is 5.82 Å². The fourth-order valence-electron chi connectivity index (χ4n) is 0.595. The van der Waals surface area contributed by atoms with Crippen LogP contribution >= 0.6 is 11.6 Å². The summed E-state index contributed by atoms with van der Waals surface area (Å²) >= 11 is 5.57. The van der Waals surface area contributed by atoms with E-state index in [9.17, 15) is 8.60 Å². The molecule has 0 N–H and O–H groups in total. The smallest absolute Gasteiger partial charge is 0.205 e. The first-order valence-corrected chi connectivity index (χ1v) is 3.77. The van der Waals surface area contributed by atoms with E-state index in [2.05, 4.69) is 4.36 Å². The minimum Gasteiger partial charge on any atom is -0.207 e. The maximum Gasteiger partial charge on any atom is 0.205 e. The van der Waals surface area contributed by atoms with E-state index in [1.165, 1.54) is 12.1 Å². The molecule has 0 bridgehead atoms. The van der Waals surface area contributed by atoms with Crippen LogP contribution in [0.2, 0.25) is 5.02 Å². The van der Waals surface area contributed by atoms with Gasteiger partial charge in [0.2, 0.25) is 11.5 Å². The Hall–Kier alpha value is -0.740. The lowest BCUT2D eigenvalue weighted by atomic mass is 10.3. The zero-order valence-corrected chi connectivity index (χ0v) is 6.82. The Morgan fingerprint density at radius 3 is 2.82 bits per heavy atom. The standard InChI is InChI=1S/C6H3ClFNOS/c7-5-3-4(8)1-2-6(5)9-11-10/h1-3H. The lowest BCUT2D eigenvalue weighted by Crippen LogP contribution is -1.72. The summed E-state index contributed by atoms with van der Waals surface area (Å²) in [6.45, 7) is 0. The van der Waals surface area contributed by atoms with Gasteiger partial charge < -0.3 is 0 Å². The molecule has 0 aliphatic rings. The van der Waals surface area contributed by atoms with Gasteiger partial charge in [-0.2, -0.15) is 8.57 Å². The summed E-state index contributed by atoms with van der Waals surface area (Å²) in [5, 5.41) is 0.147. The van der Waals surface area contributed by atoms with Crippen LogP contribution in [-0.4, -0.2) is 4.21 Å². The fraction of sp³-hybridized carbons (Fsp3) is 0. The molecule has 0 spiro atoms. The van der Waals surface area contributed by atoms with Crippen LogP contribution in [0, 0.1) is 5.82 Å². The molecular formula is C6H3ClFNOS. The van der Waals surface area contributed by atoms with Crippen LogP contribution in [0.15, 0.2) is 22.6 Å². The third kappa shape index (κ3) is 2.10. The van der Waals surface area contributed by atoms with Gasteiger partial charge in [-0.15, -0.1) is 0 Å². The van der Waals surface area contributed by atoms with Crippen molar-refractivity contribution in [3.05, 3.63) is 29.0 Å². The van der Waals surface area contributed by atoms with E-state index in [1.54, 1.807) is 0 Å². The molecule has 0 atom stereocenters. The van der Waals surface area contributed by atoms with E-state index in [0.29, 0.717) is 5.69 Å². The second-order valence-electron chi connectivity index (χ2n) is 1.76. The Balaban J connectivity index is 3.19. The van der Waals surface area contributed by atoms with Crippen molar-refractivity contribution in [3.8, 4) is 0 Å². The highest BCUT2D eigenvalue weighted by Gasteiger charge is 1.98. The quantitative estimate of drug-likeness (QED) is 0.671. The SMILES string of the molecule is O=S=Nc1ccc(F)cc1Cl. The van der Waals surface area contributed by atoms with Crippen LogP contribution in [0.1, 0.15) is 0 Å². The molecule has 0 aromatic heterocycles. The van der Waals surface area contributed by atoms with Crippen molar-refractivity contribution in [2.75, 3.05) is 0 Å². The lowest BCUT2D eigenvalue weighted by Gasteiger charge is -1.93. The van der Waals surface area contributed by atoms with Gasteiger partial charge in [-0.25, -0.2) is 4.39 Å². The molecule has 5 heteroatoms. The Kier molecular flexibility index (Phi) is 2.73. The van der Waals surface area contributed by atoms with E-state index in [-0.39, 0.29) is 16.5 Å². The Morgan fingerprint density at radius 1 is 1.55 bits per heavy atom. The molecule has 11 heavy (non-hydrogen) atoms. The second-order valence-corrected chi connectivity index (χ2v) is 2.50. The highest BCUT2D eigenvalue weighted by atomic mass is 35.5. The fourth-order valence-corrected chi connectivity index (χ4v) is 1.09. The predicted molar refractivity (Wildman–Crippen MR) is 41.6 cm³/mol.